The predicted octanol–water partition coefficient (Wildman–Crippen LogP) is 2.09. The second-order valence-electron chi connectivity index (χ2n) is 7.05. The van der Waals surface area contributed by atoms with E-state index >= 15 is 0 Å². The van der Waals surface area contributed by atoms with Crippen molar-refractivity contribution < 1.29 is 4.79 Å². The molecule has 1 saturated heterocycles. The third kappa shape index (κ3) is 4.69. The number of carbonyl (C=O) groups excluding carboxylic acids is 1. The zero-order valence-electron chi connectivity index (χ0n) is 15.5. The van der Waals surface area contributed by atoms with Crippen molar-refractivity contribution in [2.75, 3.05) is 26.2 Å². The van der Waals surface area contributed by atoms with Gasteiger partial charge >= 0.3 is 0 Å². The molecule has 1 N–H and O–H groups in total. The average molecular weight is 356 g/mol. The molecule has 6 heteroatoms. The lowest BCUT2D eigenvalue weighted by Gasteiger charge is -2.19. The predicted molar refractivity (Wildman–Crippen MR) is 103 cm³/mol. The molecule has 1 fully saturated rings. The Balaban J connectivity index is 1.51. The molecule has 1 aliphatic heterocycles. The molecule has 140 valence electrons. The van der Waals surface area contributed by atoms with Gasteiger partial charge in [0.15, 0.2) is 0 Å². The monoisotopic (exact) mass is 356 g/mol. The van der Waals surface area contributed by atoms with Crippen LogP contribution in [0.15, 0.2) is 29.1 Å². The Morgan fingerprint density at radius 3 is 2.54 bits per heavy atom. The van der Waals surface area contributed by atoms with E-state index in [1.165, 1.54) is 43.5 Å². The lowest BCUT2D eigenvalue weighted by Crippen LogP contribution is -2.35. The van der Waals surface area contributed by atoms with Crippen molar-refractivity contribution in [3.63, 3.8) is 0 Å². The van der Waals surface area contributed by atoms with E-state index < -0.39 is 0 Å². The number of amides is 1. The van der Waals surface area contributed by atoms with Gasteiger partial charge in [-0.25, -0.2) is 4.68 Å². The van der Waals surface area contributed by atoms with Gasteiger partial charge in [0.05, 0.1) is 11.1 Å². The first-order valence-electron chi connectivity index (χ1n) is 9.60. The summed E-state index contributed by atoms with van der Waals surface area (Å²) in [5.74, 6) is -0.162. The molecule has 6 nitrogen and oxygen atoms in total. The summed E-state index contributed by atoms with van der Waals surface area (Å²) in [5.41, 5.74) is 0.542. The van der Waals surface area contributed by atoms with Gasteiger partial charge in [-0.05, 0) is 51.9 Å². The van der Waals surface area contributed by atoms with Crippen molar-refractivity contribution in [2.24, 2.45) is 0 Å². The minimum Gasteiger partial charge on any atom is -0.354 e. The summed E-state index contributed by atoms with van der Waals surface area (Å²) in [6, 6.07) is 7.38. The maximum atomic E-state index is 12.5. The van der Waals surface area contributed by atoms with Gasteiger partial charge in [-0.3, -0.25) is 9.59 Å². The Morgan fingerprint density at radius 1 is 1.12 bits per heavy atom. The van der Waals surface area contributed by atoms with Crippen LogP contribution in [0.25, 0.3) is 10.8 Å². The fraction of sp³-hybridized carbons (Fsp3) is 0.550. The van der Waals surface area contributed by atoms with Gasteiger partial charge in [0.2, 0.25) is 5.91 Å². The van der Waals surface area contributed by atoms with E-state index in [-0.39, 0.29) is 18.0 Å². The molecule has 26 heavy (non-hydrogen) atoms. The van der Waals surface area contributed by atoms with Crippen molar-refractivity contribution >= 4 is 16.7 Å². The average Bonchev–Trinajstić information content (AvgIpc) is 2.92. The SMILES string of the molecule is Cc1nn(CC(=O)NCCCN2CCCCCC2)c(=O)c2ccccc12. The van der Waals surface area contributed by atoms with Gasteiger partial charge in [-0.15, -0.1) is 0 Å². The molecule has 0 unspecified atom stereocenters. The van der Waals surface area contributed by atoms with Gasteiger partial charge in [0.1, 0.15) is 6.54 Å². The molecular weight excluding hydrogens is 328 g/mol. The second kappa shape index (κ2) is 8.94. The van der Waals surface area contributed by atoms with Crippen LogP contribution in [-0.4, -0.2) is 46.8 Å². The quantitative estimate of drug-likeness (QED) is 0.805. The van der Waals surface area contributed by atoms with Crippen molar-refractivity contribution in [2.45, 2.75) is 45.6 Å². The van der Waals surface area contributed by atoms with Crippen molar-refractivity contribution in [3.8, 4) is 0 Å². The molecule has 0 aliphatic carbocycles. The van der Waals surface area contributed by atoms with E-state index in [1.807, 2.05) is 25.1 Å². The maximum absolute atomic E-state index is 12.5. The van der Waals surface area contributed by atoms with Crippen LogP contribution in [0.5, 0.6) is 0 Å². The molecule has 0 atom stereocenters. The number of aryl methyl sites for hydroxylation is 1. The summed E-state index contributed by atoms with van der Waals surface area (Å²) in [7, 11) is 0. The lowest BCUT2D eigenvalue weighted by atomic mass is 10.1. The van der Waals surface area contributed by atoms with Gasteiger partial charge in [-0.1, -0.05) is 31.0 Å². The topological polar surface area (TPSA) is 67.2 Å². The van der Waals surface area contributed by atoms with Crippen molar-refractivity contribution in [1.82, 2.24) is 20.0 Å². The molecule has 1 amide bonds. The largest absolute Gasteiger partial charge is 0.354 e. The lowest BCUT2D eigenvalue weighted by molar-refractivity contribution is -0.121. The molecule has 0 bridgehead atoms. The molecule has 0 saturated carbocycles. The third-order valence-electron chi connectivity index (χ3n) is 5.02. The molecular formula is C20H28N4O2. The molecule has 2 heterocycles. The minimum absolute atomic E-state index is 0.0335. The van der Waals surface area contributed by atoms with Crippen LogP contribution in [0.1, 0.15) is 37.8 Å². The number of hydrogen-bond donors (Lipinski definition) is 1. The van der Waals surface area contributed by atoms with Gasteiger partial charge < -0.3 is 10.2 Å². The van der Waals surface area contributed by atoms with Crippen LogP contribution >= 0.6 is 0 Å². The van der Waals surface area contributed by atoms with Crippen LogP contribution in [0, 0.1) is 6.92 Å². The first-order valence-corrected chi connectivity index (χ1v) is 9.60. The second-order valence-corrected chi connectivity index (χ2v) is 7.05. The molecule has 0 spiro atoms. The number of nitrogens with zero attached hydrogens (tertiary/aromatic N) is 3. The number of likely N-dealkylation sites (tertiary alicyclic amines) is 1. The smallest absolute Gasteiger partial charge is 0.275 e. The normalized spacial score (nSPS) is 15.7. The number of benzene rings is 1. The van der Waals surface area contributed by atoms with Crippen molar-refractivity contribution in [3.05, 3.63) is 40.3 Å². The number of rotatable bonds is 6. The number of nitrogens with one attached hydrogen (secondary N) is 1. The Labute approximate surface area is 154 Å². The zero-order chi connectivity index (χ0) is 18.4. The Bertz CT molecular complexity index is 807. The van der Waals surface area contributed by atoms with Crippen LogP contribution in [-0.2, 0) is 11.3 Å². The Kier molecular flexibility index (Phi) is 6.39. The molecule has 3 rings (SSSR count). The van der Waals surface area contributed by atoms with Crippen LogP contribution in [0.2, 0.25) is 0 Å². The van der Waals surface area contributed by atoms with Gasteiger partial charge in [-0.2, -0.15) is 5.10 Å². The number of carbonyl (C=O) groups is 1. The number of aromatic nitrogens is 2. The first kappa shape index (κ1) is 18.6. The van der Waals surface area contributed by atoms with Crippen LogP contribution in [0.4, 0.5) is 0 Å². The molecule has 1 aromatic carbocycles. The molecule has 1 aliphatic rings. The van der Waals surface area contributed by atoms with Gasteiger partial charge in [0.25, 0.3) is 5.56 Å². The van der Waals surface area contributed by atoms with E-state index in [0.717, 1.165) is 24.0 Å². The van der Waals surface area contributed by atoms with E-state index in [9.17, 15) is 9.59 Å². The number of hydrogen-bond acceptors (Lipinski definition) is 4. The fourth-order valence-corrected chi connectivity index (χ4v) is 3.59. The van der Waals surface area contributed by atoms with E-state index in [4.69, 9.17) is 0 Å². The first-order chi connectivity index (χ1) is 12.6. The highest BCUT2D eigenvalue weighted by Crippen LogP contribution is 2.11. The third-order valence-corrected chi connectivity index (χ3v) is 5.02. The van der Waals surface area contributed by atoms with Crippen molar-refractivity contribution in [1.29, 1.82) is 0 Å². The summed E-state index contributed by atoms with van der Waals surface area (Å²) in [4.78, 5) is 27.2. The fourth-order valence-electron chi connectivity index (χ4n) is 3.59. The van der Waals surface area contributed by atoms with E-state index in [1.54, 1.807) is 6.07 Å². The van der Waals surface area contributed by atoms with Gasteiger partial charge in [0, 0.05) is 11.9 Å². The highest BCUT2D eigenvalue weighted by atomic mass is 16.2. The standard InChI is InChI=1S/C20H28N4O2/c1-16-17-9-4-5-10-18(17)20(26)24(22-16)15-19(25)21-11-8-14-23-12-6-2-3-7-13-23/h4-5,9-10H,2-3,6-8,11-15H2,1H3,(H,21,25). The van der Waals surface area contributed by atoms with Crippen LogP contribution in [0.3, 0.4) is 0 Å². The molecule has 2 aromatic rings. The zero-order valence-corrected chi connectivity index (χ0v) is 15.5. The Morgan fingerprint density at radius 2 is 1.81 bits per heavy atom. The maximum Gasteiger partial charge on any atom is 0.275 e. The molecule has 1 aromatic heterocycles. The van der Waals surface area contributed by atoms with E-state index in [2.05, 4.69) is 15.3 Å². The minimum atomic E-state index is -0.217. The summed E-state index contributed by atoms with van der Waals surface area (Å²) in [5, 5.41) is 8.65. The van der Waals surface area contributed by atoms with Crippen LogP contribution < -0.4 is 10.9 Å². The summed E-state index contributed by atoms with van der Waals surface area (Å²) >= 11 is 0. The molecule has 0 radical (unpaired) electrons. The summed E-state index contributed by atoms with van der Waals surface area (Å²) in [6.45, 7) is 5.82. The highest BCUT2D eigenvalue weighted by Gasteiger charge is 2.11. The summed E-state index contributed by atoms with van der Waals surface area (Å²) in [6.07, 6.45) is 6.16. The Hall–Kier alpha value is -2.21. The highest BCUT2D eigenvalue weighted by molar-refractivity contribution is 5.83. The van der Waals surface area contributed by atoms with E-state index in [0.29, 0.717) is 11.9 Å². The number of fused-ring (bicyclic) bond motifs is 1. The summed E-state index contributed by atoms with van der Waals surface area (Å²) < 4.78 is 1.27.